The lowest BCUT2D eigenvalue weighted by atomic mass is 10.2. The van der Waals surface area contributed by atoms with Crippen molar-refractivity contribution in [3.8, 4) is 0 Å². The van der Waals surface area contributed by atoms with Gasteiger partial charge in [-0.3, -0.25) is 4.40 Å². The zero-order chi connectivity index (χ0) is 16.7. The van der Waals surface area contributed by atoms with Crippen LogP contribution in [0, 0.1) is 0 Å². The highest BCUT2D eigenvalue weighted by Crippen LogP contribution is 2.36. The van der Waals surface area contributed by atoms with Gasteiger partial charge in [0.15, 0.2) is 11.5 Å². The Bertz CT molecular complexity index is 985. The maximum atomic E-state index is 13.0. The summed E-state index contributed by atoms with van der Waals surface area (Å²) in [6, 6.07) is 12.1. The fraction of sp³-hybridized carbons (Fsp3) is 0.250. The van der Waals surface area contributed by atoms with Crippen LogP contribution < -0.4 is 0 Å². The van der Waals surface area contributed by atoms with Gasteiger partial charge >= 0.3 is 0 Å². The van der Waals surface area contributed by atoms with Gasteiger partial charge in [-0.25, -0.2) is 8.42 Å². The maximum Gasteiger partial charge on any atom is 0.243 e. The molecule has 124 valence electrons. The van der Waals surface area contributed by atoms with Crippen LogP contribution in [0.4, 0.5) is 0 Å². The van der Waals surface area contributed by atoms with Crippen LogP contribution in [0.1, 0.15) is 24.7 Å². The first-order valence-corrected chi connectivity index (χ1v) is 9.88. The maximum absolute atomic E-state index is 13.0. The van der Waals surface area contributed by atoms with E-state index in [4.69, 9.17) is 0 Å². The molecule has 0 saturated carbocycles. The molecule has 0 spiro atoms. The largest absolute Gasteiger partial charge is 0.285 e. The second-order valence-electron chi connectivity index (χ2n) is 5.71. The minimum absolute atomic E-state index is 0.295. The van der Waals surface area contributed by atoms with Gasteiger partial charge in [0.2, 0.25) is 10.0 Å². The Morgan fingerprint density at radius 2 is 1.88 bits per heavy atom. The Morgan fingerprint density at radius 3 is 2.67 bits per heavy atom. The molecule has 1 aromatic carbocycles. The highest BCUT2D eigenvalue weighted by molar-refractivity contribution is 9.10. The van der Waals surface area contributed by atoms with Crippen molar-refractivity contribution in [2.24, 2.45) is 0 Å². The normalized spacial score (nSPS) is 19.1. The summed E-state index contributed by atoms with van der Waals surface area (Å²) in [4.78, 5) is 0.298. The first-order valence-electron chi connectivity index (χ1n) is 7.64. The van der Waals surface area contributed by atoms with Gasteiger partial charge in [0.05, 0.1) is 10.9 Å². The summed E-state index contributed by atoms with van der Waals surface area (Å²) >= 11 is 3.34. The predicted molar refractivity (Wildman–Crippen MR) is 93.0 cm³/mol. The third kappa shape index (κ3) is 2.54. The number of nitrogens with zero attached hydrogens (tertiary/aromatic N) is 4. The standard InChI is InChI=1S/C16H15BrN4O2S/c17-12-6-8-13(9-7-12)24(22,23)21-11-3-4-14(21)16-19-18-15-5-1-2-10-20(15)16/h1-2,5-10,14H,3-4,11H2/t14-/m0/s1. The van der Waals surface area contributed by atoms with Crippen molar-refractivity contribution < 1.29 is 8.42 Å². The summed E-state index contributed by atoms with van der Waals surface area (Å²) in [5.41, 5.74) is 0.723. The van der Waals surface area contributed by atoms with Crippen LogP contribution >= 0.6 is 15.9 Å². The number of fused-ring (bicyclic) bond motifs is 1. The summed E-state index contributed by atoms with van der Waals surface area (Å²) in [5, 5.41) is 8.40. The number of hydrogen-bond acceptors (Lipinski definition) is 4. The van der Waals surface area contributed by atoms with Crippen LogP contribution in [0.5, 0.6) is 0 Å². The lowest BCUT2D eigenvalue weighted by molar-refractivity contribution is 0.381. The summed E-state index contributed by atoms with van der Waals surface area (Å²) in [5.74, 6) is 0.670. The fourth-order valence-electron chi connectivity index (χ4n) is 3.11. The second kappa shape index (κ2) is 5.94. The molecule has 24 heavy (non-hydrogen) atoms. The molecule has 3 heterocycles. The molecule has 8 heteroatoms. The van der Waals surface area contributed by atoms with E-state index in [1.807, 2.05) is 28.8 Å². The van der Waals surface area contributed by atoms with E-state index in [2.05, 4.69) is 26.1 Å². The van der Waals surface area contributed by atoms with Crippen LogP contribution in [0.3, 0.4) is 0 Å². The number of halogens is 1. The van der Waals surface area contributed by atoms with E-state index < -0.39 is 10.0 Å². The third-order valence-electron chi connectivity index (χ3n) is 4.26. The van der Waals surface area contributed by atoms with Crippen molar-refractivity contribution in [2.45, 2.75) is 23.8 Å². The Morgan fingerprint density at radius 1 is 1.08 bits per heavy atom. The molecule has 6 nitrogen and oxygen atoms in total. The summed E-state index contributed by atoms with van der Waals surface area (Å²) in [6.07, 6.45) is 3.42. The Labute approximate surface area is 148 Å². The van der Waals surface area contributed by atoms with E-state index >= 15 is 0 Å². The minimum atomic E-state index is -3.57. The van der Waals surface area contributed by atoms with Crippen molar-refractivity contribution >= 4 is 31.6 Å². The van der Waals surface area contributed by atoms with E-state index in [1.54, 1.807) is 28.6 Å². The molecule has 1 fully saturated rings. The van der Waals surface area contributed by atoms with Crippen molar-refractivity contribution in [3.63, 3.8) is 0 Å². The van der Waals surface area contributed by atoms with Crippen LogP contribution in [0.2, 0.25) is 0 Å². The minimum Gasteiger partial charge on any atom is -0.285 e. The molecule has 4 rings (SSSR count). The van der Waals surface area contributed by atoms with Crippen LogP contribution in [0.25, 0.3) is 5.65 Å². The molecular formula is C16H15BrN4O2S. The Hall–Kier alpha value is -1.77. The molecule has 0 amide bonds. The van der Waals surface area contributed by atoms with Crippen molar-refractivity contribution in [1.82, 2.24) is 18.9 Å². The van der Waals surface area contributed by atoms with Crippen molar-refractivity contribution in [1.29, 1.82) is 0 Å². The zero-order valence-corrected chi connectivity index (χ0v) is 15.1. The highest BCUT2D eigenvalue weighted by Gasteiger charge is 2.38. The van der Waals surface area contributed by atoms with E-state index in [-0.39, 0.29) is 6.04 Å². The van der Waals surface area contributed by atoms with Gasteiger partial charge in [0, 0.05) is 17.2 Å². The lowest BCUT2D eigenvalue weighted by Crippen LogP contribution is -2.31. The zero-order valence-electron chi connectivity index (χ0n) is 12.7. The molecule has 1 atom stereocenters. The average molecular weight is 407 g/mol. The molecule has 0 radical (unpaired) electrons. The number of hydrogen-bond donors (Lipinski definition) is 0. The van der Waals surface area contributed by atoms with Gasteiger partial charge in [0.1, 0.15) is 0 Å². The van der Waals surface area contributed by atoms with E-state index in [1.165, 1.54) is 0 Å². The molecule has 1 saturated heterocycles. The second-order valence-corrected chi connectivity index (χ2v) is 8.52. The summed E-state index contributed by atoms with van der Waals surface area (Å²) in [7, 11) is -3.57. The van der Waals surface area contributed by atoms with Crippen LogP contribution in [0.15, 0.2) is 58.0 Å². The molecule has 1 aliphatic rings. The first-order chi connectivity index (χ1) is 11.6. The molecular weight excluding hydrogens is 392 g/mol. The van der Waals surface area contributed by atoms with Gasteiger partial charge in [-0.05, 0) is 49.2 Å². The van der Waals surface area contributed by atoms with Gasteiger partial charge in [0.25, 0.3) is 0 Å². The summed E-state index contributed by atoms with van der Waals surface area (Å²) < 4.78 is 30.3. The van der Waals surface area contributed by atoms with Crippen molar-refractivity contribution in [2.75, 3.05) is 6.54 Å². The lowest BCUT2D eigenvalue weighted by Gasteiger charge is -2.23. The fourth-order valence-corrected chi connectivity index (χ4v) is 5.03. The van der Waals surface area contributed by atoms with E-state index in [0.29, 0.717) is 17.3 Å². The topological polar surface area (TPSA) is 67.6 Å². The third-order valence-corrected chi connectivity index (χ3v) is 6.71. The monoisotopic (exact) mass is 406 g/mol. The Balaban J connectivity index is 1.76. The number of aromatic nitrogens is 3. The van der Waals surface area contributed by atoms with Gasteiger partial charge < -0.3 is 0 Å². The molecule has 0 N–H and O–H groups in total. The molecule has 3 aromatic rings. The number of benzene rings is 1. The smallest absolute Gasteiger partial charge is 0.243 e. The SMILES string of the molecule is O=S(=O)(c1ccc(Br)cc1)N1CCC[C@H]1c1nnc2ccccn12. The van der Waals surface area contributed by atoms with Gasteiger partial charge in [-0.2, -0.15) is 4.31 Å². The van der Waals surface area contributed by atoms with E-state index in [0.717, 1.165) is 23.0 Å². The Kier molecular flexibility index (Phi) is 3.90. The number of sulfonamides is 1. The van der Waals surface area contributed by atoms with Crippen LogP contribution in [-0.2, 0) is 10.0 Å². The molecule has 1 aliphatic heterocycles. The highest BCUT2D eigenvalue weighted by atomic mass is 79.9. The average Bonchev–Trinajstić information content (AvgIpc) is 3.22. The molecule has 0 unspecified atom stereocenters. The van der Waals surface area contributed by atoms with Gasteiger partial charge in [-0.1, -0.05) is 22.0 Å². The number of pyridine rings is 1. The predicted octanol–water partition coefficient (Wildman–Crippen LogP) is 3.02. The molecule has 0 bridgehead atoms. The van der Waals surface area contributed by atoms with Crippen molar-refractivity contribution in [3.05, 3.63) is 59.0 Å². The van der Waals surface area contributed by atoms with Crippen LogP contribution in [-0.4, -0.2) is 33.9 Å². The van der Waals surface area contributed by atoms with Gasteiger partial charge in [-0.15, -0.1) is 10.2 Å². The first kappa shape index (κ1) is 15.7. The summed E-state index contributed by atoms with van der Waals surface area (Å²) in [6.45, 7) is 0.491. The number of rotatable bonds is 3. The van der Waals surface area contributed by atoms with E-state index in [9.17, 15) is 8.42 Å². The quantitative estimate of drug-likeness (QED) is 0.670. The molecule has 2 aromatic heterocycles. The molecule has 0 aliphatic carbocycles.